The standard InChI is InChI=1S/C29H31BrN2O7S/c1-7-37-21-15-18(10-11-20(21)35-5)25-24(28(34)39-9-3)16(4)31-29-32(25)27(33)23(40-29)14-17-12-19(30)26(36-6)22(13-17)38-8-2/h10-15,25H,7-9H2,1-6H3/b23-14-/t25-/m0/s1. The van der Waals surface area contributed by atoms with Crippen LogP contribution in [-0.4, -0.2) is 44.6 Å². The highest BCUT2D eigenvalue weighted by Gasteiger charge is 2.34. The van der Waals surface area contributed by atoms with Gasteiger partial charge in [0.25, 0.3) is 5.56 Å². The second-order valence-electron chi connectivity index (χ2n) is 8.61. The molecule has 40 heavy (non-hydrogen) atoms. The fourth-order valence-corrected chi connectivity index (χ4v) is 6.19. The summed E-state index contributed by atoms with van der Waals surface area (Å²) in [6.45, 7) is 8.31. The Bertz CT molecular complexity index is 1640. The van der Waals surface area contributed by atoms with Crippen molar-refractivity contribution in [2.45, 2.75) is 33.7 Å². The highest BCUT2D eigenvalue weighted by atomic mass is 79.9. The third-order valence-electron chi connectivity index (χ3n) is 6.15. The van der Waals surface area contributed by atoms with E-state index in [0.717, 1.165) is 5.56 Å². The molecule has 0 spiro atoms. The van der Waals surface area contributed by atoms with Crippen LogP contribution in [-0.2, 0) is 9.53 Å². The molecule has 1 aromatic heterocycles. The topological polar surface area (TPSA) is 97.6 Å². The van der Waals surface area contributed by atoms with Crippen LogP contribution in [0.1, 0.15) is 44.9 Å². The van der Waals surface area contributed by atoms with Crippen LogP contribution in [0.15, 0.2) is 55.9 Å². The molecular formula is C29H31BrN2O7S. The lowest BCUT2D eigenvalue weighted by molar-refractivity contribution is -0.139. The Morgan fingerprint density at radius 2 is 1.75 bits per heavy atom. The fourth-order valence-electron chi connectivity index (χ4n) is 4.52. The van der Waals surface area contributed by atoms with Gasteiger partial charge in [-0.3, -0.25) is 9.36 Å². The molecule has 2 heterocycles. The van der Waals surface area contributed by atoms with Gasteiger partial charge in [-0.2, -0.15) is 0 Å². The number of thiazole rings is 1. The van der Waals surface area contributed by atoms with E-state index in [4.69, 9.17) is 23.7 Å². The molecule has 11 heteroatoms. The van der Waals surface area contributed by atoms with Crippen LogP contribution in [0, 0.1) is 0 Å². The summed E-state index contributed by atoms with van der Waals surface area (Å²) in [5, 5.41) is 0. The lowest BCUT2D eigenvalue weighted by Crippen LogP contribution is -2.40. The number of ether oxygens (including phenoxy) is 5. The van der Waals surface area contributed by atoms with E-state index >= 15 is 0 Å². The average molecular weight is 632 g/mol. The fraction of sp³-hybridized carbons (Fsp3) is 0.345. The second-order valence-corrected chi connectivity index (χ2v) is 10.5. The van der Waals surface area contributed by atoms with E-state index in [-0.39, 0.29) is 12.2 Å². The normalized spacial score (nSPS) is 14.9. The third kappa shape index (κ3) is 5.66. The van der Waals surface area contributed by atoms with Gasteiger partial charge in [-0.15, -0.1) is 0 Å². The molecule has 0 saturated carbocycles. The first-order chi connectivity index (χ1) is 19.3. The number of carbonyl (C=O) groups excluding carboxylic acids is 1. The molecule has 1 atom stereocenters. The number of rotatable bonds is 10. The maximum absolute atomic E-state index is 14.0. The lowest BCUT2D eigenvalue weighted by atomic mass is 9.95. The van der Waals surface area contributed by atoms with E-state index in [1.807, 2.05) is 32.0 Å². The molecule has 0 amide bonds. The molecule has 1 aliphatic heterocycles. The van der Waals surface area contributed by atoms with Crippen molar-refractivity contribution in [2.75, 3.05) is 34.0 Å². The monoisotopic (exact) mass is 630 g/mol. The van der Waals surface area contributed by atoms with Crippen molar-refractivity contribution in [1.82, 2.24) is 4.57 Å². The van der Waals surface area contributed by atoms with E-state index in [1.54, 1.807) is 46.3 Å². The molecule has 0 aliphatic carbocycles. The summed E-state index contributed by atoms with van der Waals surface area (Å²) in [7, 11) is 3.13. The first-order valence-corrected chi connectivity index (χ1v) is 14.4. The maximum atomic E-state index is 14.0. The second kappa shape index (κ2) is 12.7. The Morgan fingerprint density at radius 3 is 2.40 bits per heavy atom. The SMILES string of the molecule is CCOC(=O)C1=C(C)N=c2s/c(=C\c3cc(Br)c(OC)c(OCC)c3)c(=O)n2[C@H]1c1ccc(OC)c(OCC)c1. The van der Waals surface area contributed by atoms with Crippen LogP contribution >= 0.6 is 27.3 Å². The predicted molar refractivity (Wildman–Crippen MR) is 156 cm³/mol. The first kappa shape index (κ1) is 29.4. The zero-order chi connectivity index (χ0) is 29.0. The minimum atomic E-state index is -0.774. The Morgan fingerprint density at radius 1 is 1.02 bits per heavy atom. The largest absolute Gasteiger partial charge is 0.493 e. The van der Waals surface area contributed by atoms with Gasteiger partial charge in [-0.25, -0.2) is 9.79 Å². The quantitative estimate of drug-likeness (QED) is 0.307. The van der Waals surface area contributed by atoms with Gasteiger partial charge in [0.1, 0.15) is 0 Å². The number of hydrogen-bond donors (Lipinski definition) is 0. The van der Waals surface area contributed by atoms with Gasteiger partial charge in [0.05, 0.1) is 60.4 Å². The molecule has 0 fully saturated rings. The van der Waals surface area contributed by atoms with Crippen molar-refractivity contribution in [3.8, 4) is 23.0 Å². The van der Waals surface area contributed by atoms with Gasteiger partial charge >= 0.3 is 5.97 Å². The summed E-state index contributed by atoms with van der Waals surface area (Å²) in [6, 6.07) is 8.26. The van der Waals surface area contributed by atoms with Gasteiger partial charge in [-0.05, 0) is 85.1 Å². The minimum Gasteiger partial charge on any atom is -0.493 e. The Kier molecular flexibility index (Phi) is 9.36. The number of nitrogens with zero attached hydrogens (tertiary/aromatic N) is 2. The van der Waals surface area contributed by atoms with Crippen molar-refractivity contribution in [3.63, 3.8) is 0 Å². The molecule has 0 radical (unpaired) electrons. The van der Waals surface area contributed by atoms with Gasteiger partial charge in [0.2, 0.25) is 0 Å². The van der Waals surface area contributed by atoms with Crippen LogP contribution in [0.2, 0.25) is 0 Å². The van der Waals surface area contributed by atoms with E-state index in [1.165, 1.54) is 15.9 Å². The Balaban J connectivity index is 1.95. The molecule has 9 nitrogen and oxygen atoms in total. The molecule has 3 aromatic rings. The van der Waals surface area contributed by atoms with Crippen molar-refractivity contribution in [3.05, 3.63) is 76.9 Å². The minimum absolute atomic E-state index is 0.189. The molecule has 4 rings (SSSR count). The number of fused-ring (bicyclic) bond motifs is 1. The highest BCUT2D eigenvalue weighted by molar-refractivity contribution is 9.10. The van der Waals surface area contributed by atoms with E-state index in [0.29, 0.717) is 66.9 Å². The zero-order valence-electron chi connectivity index (χ0n) is 23.2. The number of carbonyl (C=O) groups is 1. The number of hydrogen-bond acceptors (Lipinski definition) is 9. The molecule has 0 N–H and O–H groups in total. The summed E-state index contributed by atoms with van der Waals surface area (Å²) < 4.78 is 30.5. The van der Waals surface area contributed by atoms with Crippen LogP contribution in [0.3, 0.4) is 0 Å². The van der Waals surface area contributed by atoms with Crippen molar-refractivity contribution >= 4 is 39.3 Å². The van der Waals surface area contributed by atoms with E-state index in [2.05, 4.69) is 20.9 Å². The number of methoxy groups -OCH3 is 2. The Hall–Kier alpha value is -3.57. The predicted octanol–water partition coefficient (Wildman–Crippen LogP) is 4.38. The molecule has 0 bridgehead atoms. The lowest BCUT2D eigenvalue weighted by Gasteiger charge is -2.25. The van der Waals surface area contributed by atoms with Crippen LogP contribution in [0.5, 0.6) is 23.0 Å². The molecule has 0 unspecified atom stereocenters. The number of benzene rings is 2. The Labute approximate surface area is 244 Å². The summed E-state index contributed by atoms with van der Waals surface area (Å²) in [5.74, 6) is 1.65. The molecule has 1 aliphatic rings. The maximum Gasteiger partial charge on any atom is 0.338 e. The summed E-state index contributed by atoms with van der Waals surface area (Å²) in [6.07, 6.45) is 1.77. The van der Waals surface area contributed by atoms with Crippen molar-refractivity contribution in [1.29, 1.82) is 0 Å². The number of halogens is 1. The van der Waals surface area contributed by atoms with Crippen molar-refractivity contribution in [2.24, 2.45) is 4.99 Å². The summed E-state index contributed by atoms with van der Waals surface area (Å²) in [4.78, 5) is 32.3. The van der Waals surface area contributed by atoms with Gasteiger partial charge < -0.3 is 23.7 Å². The van der Waals surface area contributed by atoms with Crippen molar-refractivity contribution < 1.29 is 28.5 Å². The molecular weight excluding hydrogens is 600 g/mol. The highest BCUT2D eigenvalue weighted by Crippen LogP contribution is 2.38. The molecule has 0 saturated heterocycles. The third-order valence-corrected chi connectivity index (χ3v) is 7.73. The van der Waals surface area contributed by atoms with Crippen LogP contribution in [0.4, 0.5) is 0 Å². The van der Waals surface area contributed by atoms with E-state index in [9.17, 15) is 9.59 Å². The molecule has 212 valence electrons. The number of allylic oxidation sites excluding steroid dienone is 1. The van der Waals surface area contributed by atoms with E-state index < -0.39 is 12.0 Å². The summed E-state index contributed by atoms with van der Waals surface area (Å²) in [5.41, 5.74) is 1.89. The van der Waals surface area contributed by atoms with Crippen LogP contribution in [0.25, 0.3) is 6.08 Å². The van der Waals surface area contributed by atoms with Gasteiger partial charge in [-0.1, -0.05) is 17.4 Å². The molecule has 2 aromatic carbocycles. The first-order valence-electron chi connectivity index (χ1n) is 12.8. The average Bonchev–Trinajstić information content (AvgIpc) is 3.22. The van der Waals surface area contributed by atoms with Crippen LogP contribution < -0.4 is 33.8 Å². The summed E-state index contributed by atoms with van der Waals surface area (Å²) >= 11 is 4.77. The van der Waals surface area contributed by atoms with Gasteiger partial charge in [0, 0.05) is 0 Å². The number of aromatic nitrogens is 1. The zero-order valence-corrected chi connectivity index (χ0v) is 25.6. The number of esters is 1. The van der Waals surface area contributed by atoms with Gasteiger partial charge in [0.15, 0.2) is 27.8 Å². The smallest absolute Gasteiger partial charge is 0.338 e.